The van der Waals surface area contributed by atoms with E-state index in [1.54, 1.807) is 12.1 Å². The third kappa shape index (κ3) is 5.98. The summed E-state index contributed by atoms with van der Waals surface area (Å²) in [6.45, 7) is 5.74. The van der Waals surface area contributed by atoms with Crippen molar-refractivity contribution in [2.24, 2.45) is 5.10 Å². The maximum Gasteiger partial charge on any atom is 0.271 e. The number of aromatic hydroxyl groups is 1. The number of carbonyl (C=O) groups is 1. The summed E-state index contributed by atoms with van der Waals surface area (Å²) in [5.74, 6) is -0.389. The lowest BCUT2D eigenvalue weighted by Gasteiger charge is -2.21. The quantitative estimate of drug-likeness (QED) is 0.462. The first-order valence-electron chi connectivity index (χ1n) is 8.72. The number of nitrogens with zero attached hydrogens (tertiary/aromatic N) is 2. The first-order chi connectivity index (χ1) is 13.2. The Morgan fingerprint density at radius 2 is 1.79 bits per heavy atom. The van der Waals surface area contributed by atoms with Gasteiger partial charge in [-0.05, 0) is 50.2 Å². The van der Waals surface area contributed by atoms with E-state index in [0.717, 1.165) is 25.0 Å². The molecule has 0 atom stereocenters. The van der Waals surface area contributed by atoms with Crippen LogP contribution < -0.4 is 15.0 Å². The van der Waals surface area contributed by atoms with Crippen LogP contribution in [0, 0.1) is 0 Å². The Hall–Kier alpha value is -3.07. The average Bonchev–Trinajstić information content (AvgIpc) is 2.63. The third-order valence-corrected chi connectivity index (χ3v) is 4.57. The van der Waals surface area contributed by atoms with Crippen molar-refractivity contribution in [1.29, 1.82) is 0 Å². The first-order valence-corrected chi connectivity index (χ1v) is 10.6. The maximum absolute atomic E-state index is 12.1. The molecule has 0 bridgehead atoms. The van der Waals surface area contributed by atoms with Crippen LogP contribution in [0.4, 0.5) is 11.4 Å². The minimum absolute atomic E-state index is 0.0681. The van der Waals surface area contributed by atoms with E-state index in [1.165, 1.54) is 30.5 Å². The van der Waals surface area contributed by atoms with Crippen molar-refractivity contribution in [3.63, 3.8) is 0 Å². The van der Waals surface area contributed by atoms with Gasteiger partial charge in [-0.1, -0.05) is 0 Å². The molecule has 0 heterocycles. The number of carbonyl (C=O) groups excluding carboxylic acids is 1. The molecule has 28 heavy (non-hydrogen) atoms. The molecule has 0 aliphatic rings. The standard InChI is InChI=1S/C19H24N4O4S/c1-4-23(5-2)17-11-8-15(18(24)12-17)13-20-21-19(25)14-6-9-16(10-7-14)22-28(3,26)27/h6-13,22,24H,4-5H2,1-3H3,(H,21,25)/b20-13+. The molecule has 0 unspecified atom stereocenters. The molecule has 150 valence electrons. The molecule has 0 fully saturated rings. The maximum atomic E-state index is 12.1. The van der Waals surface area contributed by atoms with Gasteiger partial charge in [0.15, 0.2) is 0 Å². The Bertz CT molecular complexity index is 952. The van der Waals surface area contributed by atoms with Crippen LogP contribution in [0.3, 0.4) is 0 Å². The zero-order valence-corrected chi connectivity index (χ0v) is 16.8. The summed E-state index contributed by atoms with van der Waals surface area (Å²) in [6, 6.07) is 11.2. The fourth-order valence-electron chi connectivity index (χ4n) is 2.56. The lowest BCUT2D eigenvalue weighted by molar-refractivity contribution is 0.0955. The highest BCUT2D eigenvalue weighted by Crippen LogP contribution is 2.23. The van der Waals surface area contributed by atoms with Gasteiger partial charge in [0.05, 0.1) is 12.5 Å². The summed E-state index contributed by atoms with van der Waals surface area (Å²) in [7, 11) is -3.37. The fourth-order valence-corrected chi connectivity index (χ4v) is 3.12. The summed E-state index contributed by atoms with van der Waals surface area (Å²) >= 11 is 0. The Labute approximate surface area is 164 Å². The largest absolute Gasteiger partial charge is 0.507 e. The number of sulfonamides is 1. The van der Waals surface area contributed by atoms with Crippen molar-refractivity contribution in [3.05, 3.63) is 53.6 Å². The highest BCUT2D eigenvalue weighted by atomic mass is 32.2. The summed E-state index contributed by atoms with van der Waals surface area (Å²) in [4.78, 5) is 14.2. The molecule has 1 amide bonds. The van der Waals surface area contributed by atoms with Crippen molar-refractivity contribution in [1.82, 2.24) is 5.43 Å². The van der Waals surface area contributed by atoms with Crippen LogP contribution in [0.2, 0.25) is 0 Å². The van der Waals surface area contributed by atoms with Crippen molar-refractivity contribution < 1.29 is 18.3 Å². The van der Waals surface area contributed by atoms with Crippen LogP contribution in [-0.4, -0.2) is 45.0 Å². The molecule has 9 heteroatoms. The highest BCUT2D eigenvalue weighted by Gasteiger charge is 2.08. The first kappa shape index (κ1) is 21.2. The zero-order chi connectivity index (χ0) is 20.7. The van der Waals surface area contributed by atoms with Crippen LogP contribution in [-0.2, 0) is 10.0 Å². The Kier molecular flexibility index (Phi) is 7.00. The number of nitrogens with one attached hydrogen (secondary N) is 2. The van der Waals surface area contributed by atoms with Gasteiger partial charge in [0.1, 0.15) is 5.75 Å². The summed E-state index contributed by atoms with van der Waals surface area (Å²) in [5, 5.41) is 14.0. The van der Waals surface area contributed by atoms with Crippen LogP contribution >= 0.6 is 0 Å². The Morgan fingerprint density at radius 1 is 1.14 bits per heavy atom. The number of hydrogen-bond acceptors (Lipinski definition) is 6. The van der Waals surface area contributed by atoms with E-state index in [9.17, 15) is 18.3 Å². The molecule has 8 nitrogen and oxygen atoms in total. The van der Waals surface area contributed by atoms with Gasteiger partial charge in [-0.25, -0.2) is 13.8 Å². The predicted octanol–water partition coefficient (Wildman–Crippen LogP) is 2.37. The minimum Gasteiger partial charge on any atom is -0.507 e. The summed E-state index contributed by atoms with van der Waals surface area (Å²) in [6.07, 6.45) is 2.41. The van der Waals surface area contributed by atoms with Crippen LogP contribution in [0.25, 0.3) is 0 Å². The Balaban J connectivity index is 2.01. The van der Waals surface area contributed by atoms with E-state index in [0.29, 0.717) is 16.8 Å². The molecule has 0 spiro atoms. The molecule has 2 aromatic carbocycles. The van der Waals surface area contributed by atoms with Crippen LogP contribution in [0.1, 0.15) is 29.8 Å². The molecule has 0 aliphatic carbocycles. The van der Waals surface area contributed by atoms with E-state index in [2.05, 4.69) is 20.1 Å². The van der Waals surface area contributed by atoms with Crippen molar-refractivity contribution in [2.75, 3.05) is 29.0 Å². The molecule has 0 saturated carbocycles. The number of rotatable bonds is 8. The molecule has 0 radical (unpaired) electrons. The molecule has 0 aromatic heterocycles. The van der Waals surface area contributed by atoms with Gasteiger partial charge in [0.2, 0.25) is 10.0 Å². The second-order valence-electron chi connectivity index (χ2n) is 6.07. The van der Waals surface area contributed by atoms with Gasteiger partial charge in [-0.3, -0.25) is 9.52 Å². The average molecular weight is 404 g/mol. The van der Waals surface area contributed by atoms with E-state index >= 15 is 0 Å². The molecular formula is C19H24N4O4S. The third-order valence-electron chi connectivity index (χ3n) is 3.96. The Morgan fingerprint density at radius 3 is 2.32 bits per heavy atom. The van der Waals surface area contributed by atoms with E-state index in [4.69, 9.17) is 0 Å². The SMILES string of the molecule is CCN(CC)c1ccc(/C=N/NC(=O)c2ccc(NS(C)(=O)=O)cc2)c(O)c1. The van der Waals surface area contributed by atoms with E-state index in [1.807, 2.05) is 19.9 Å². The van der Waals surface area contributed by atoms with Crippen molar-refractivity contribution in [3.8, 4) is 5.75 Å². The van der Waals surface area contributed by atoms with Crippen molar-refractivity contribution >= 4 is 33.5 Å². The molecule has 2 aromatic rings. The van der Waals surface area contributed by atoms with E-state index < -0.39 is 15.9 Å². The highest BCUT2D eigenvalue weighted by molar-refractivity contribution is 7.92. The number of phenols is 1. The fraction of sp³-hybridized carbons (Fsp3) is 0.263. The number of hydrogen-bond donors (Lipinski definition) is 3. The lowest BCUT2D eigenvalue weighted by Crippen LogP contribution is -2.21. The van der Waals surface area contributed by atoms with Crippen LogP contribution in [0.5, 0.6) is 5.75 Å². The predicted molar refractivity (Wildman–Crippen MR) is 112 cm³/mol. The number of anilines is 2. The topological polar surface area (TPSA) is 111 Å². The summed E-state index contributed by atoms with van der Waals surface area (Å²) in [5.41, 5.74) is 4.44. The molecular weight excluding hydrogens is 380 g/mol. The van der Waals surface area contributed by atoms with Gasteiger partial charge in [0.25, 0.3) is 5.91 Å². The second kappa shape index (κ2) is 9.23. The zero-order valence-electron chi connectivity index (χ0n) is 16.0. The number of hydrazone groups is 1. The van der Waals surface area contributed by atoms with Gasteiger partial charge < -0.3 is 10.0 Å². The molecule has 0 saturated heterocycles. The summed E-state index contributed by atoms with van der Waals surface area (Å²) < 4.78 is 24.7. The van der Waals surface area contributed by atoms with Gasteiger partial charge >= 0.3 is 0 Å². The minimum atomic E-state index is -3.37. The second-order valence-corrected chi connectivity index (χ2v) is 7.81. The number of phenolic OH excluding ortho intramolecular Hbond substituents is 1. The normalized spacial score (nSPS) is 11.4. The van der Waals surface area contributed by atoms with Crippen molar-refractivity contribution in [2.45, 2.75) is 13.8 Å². The number of amides is 1. The van der Waals surface area contributed by atoms with Gasteiger partial charge in [-0.15, -0.1) is 0 Å². The number of benzene rings is 2. The smallest absolute Gasteiger partial charge is 0.271 e. The molecule has 3 N–H and O–H groups in total. The lowest BCUT2D eigenvalue weighted by atomic mass is 10.2. The van der Waals surface area contributed by atoms with E-state index in [-0.39, 0.29) is 5.75 Å². The van der Waals surface area contributed by atoms with Gasteiger partial charge in [-0.2, -0.15) is 5.10 Å². The van der Waals surface area contributed by atoms with Gasteiger partial charge in [0, 0.05) is 41.7 Å². The molecule has 0 aliphatic heterocycles. The van der Waals surface area contributed by atoms with Crippen LogP contribution in [0.15, 0.2) is 47.6 Å². The monoisotopic (exact) mass is 404 g/mol. The molecule has 2 rings (SSSR count).